The van der Waals surface area contributed by atoms with E-state index in [1.54, 1.807) is 14.2 Å². The van der Waals surface area contributed by atoms with E-state index in [-0.39, 0.29) is 0 Å². The molecule has 1 unspecified atom stereocenters. The number of hydrogen-bond acceptors (Lipinski definition) is 6. The average molecular weight is 331 g/mol. The predicted molar refractivity (Wildman–Crippen MR) is 90.0 cm³/mol. The van der Waals surface area contributed by atoms with E-state index in [2.05, 4.69) is 39.5 Å². The molecule has 0 amide bonds. The first-order valence-corrected chi connectivity index (χ1v) is 8.47. The maximum absolute atomic E-state index is 5.45. The zero-order valence-electron chi connectivity index (χ0n) is 14.6. The van der Waals surface area contributed by atoms with Crippen molar-refractivity contribution < 1.29 is 9.47 Å². The van der Waals surface area contributed by atoms with Crippen LogP contribution in [-0.4, -0.2) is 45.9 Å². The summed E-state index contributed by atoms with van der Waals surface area (Å²) in [5.74, 6) is 2.47. The molecule has 2 aromatic rings. The van der Waals surface area contributed by atoms with Crippen LogP contribution in [0.3, 0.4) is 0 Å². The van der Waals surface area contributed by atoms with Crippen LogP contribution in [0.4, 0.5) is 0 Å². The monoisotopic (exact) mass is 331 g/mol. The summed E-state index contributed by atoms with van der Waals surface area (Å²) in [4.78, 5) is 2.44. The second-order valence-electron chi connectivity index (χ2n) is 6.06. The quantitative estimate of drug-likeness (QED) is 0.776. The van der Waals surface area contributed by atoms with Gasteiger partial charge in [0, 0.05) is 12.6 Å². The molecule has 1 aromatic carbocycles. The molecule has 1 aliphatic heterocycles. The summed E-state index contributed by atoms with van der Waals surface area (Å²) in [6, 6.07) is 6.54. The molecule has 0 radical (unpaired) electrons. The Labute approximate surface area is 142 Å². The average Bonchev–Trinajstić information content (AvgIpc) is 3.25. The van der Waals surface area contributed by atoms with Crippen LogP contribution in [0.1, 0.15) is 43.6 Å². The Morgan fingerprint density at radius 2 is 2.04 bits per heavy atom. The van der Waals surface area contributed by atoms with Crippen LogP contribution >= 0.6 is 0 Å². The van der Waals surface area contributed by atoms with Gasteiger partial charge in [-0.2, -0.15) is 0 Å². The minimum Gasteiger partial charge on any atom is -0.493 e. The van der Waals surface area contributed by atoms with Gasteiger partial charge in [0.1, 0.15) is 0 Å². The van der Waals surface area contributed by atoms with Gasteiger partial charge in [-0.05, 0) is 53.9 Å². The van der Waals surface area contributed by atoms with Crippen LogP contribution in [0.15, 0.2) is 18.2 Å². The minimum absolute atomic E-state index is 0.358. The molecule has 2 heterocycles. The number of benzene rings is 1. The van der Waals surface area contributed by atoms with Gasteiger partial charge in [0.2, 0.25) is 0 Å². The highest BCUT2D eigenvalue weighted by molar-refractivity contribution is 5.44. The molecule has 1 aromatic heterocycles. The fourth-order valence-corrected chi connectivity index (χ4v) is 3.36. The Hall–Kier alpha value is -2.15. The van der Waals surface area contributed by atoms with Crippen molar-refractivity contribution in [1.29, 1.82) is 0 Å². The third kappa shape index (κ3) is 3.36. The van der Waals surface area contributed by atoms with Gasteiger partial charge in [-0.25, -0.2) is 4.68 Å². The van der Waals surface area contributed by atoms with Crippen molar-refractivity contribution in [3.8, 4) is 11.5 Å². The number of nitrogens with zero attached hydrogens (tertiary/aromatic N) is 5. The van der Waals surface area contributed by atoms with E-state index in [0.29, 0.717) is 6.04 Å². The van der Waals surface area contributed by atoms with E-state index in [0.717, 1.165) is 49.8 Å². The van der Waals surface area contributed by atoms with E-state index in [9.17, 15) is 0 Å². The van der Waals surface area contributed by atoms with Crippen LogP contribution in [0, 0.1) is 0 Å². The molecule has 1 saturated heterocycles. The third-order valence-electron chi connectivity index (χ3n) is 4.54. The molecule has 7 heteroatoms. The SMILES string of the molecule is CCCn1nnnc1CN1CCCC1c1ccc(OC)c(OC)c1. The number of rotatable bonds is 7. The van der Waals surface area contributed by atoms with Gasteiger partial charge in [-0.3, -0.25) is 4.90 Å². The molecule has 130 valence electrons. The number of ether oxygens (including phenoxy) is 2. The number of hydrogen-bond donors (Lipinski definition) is 0. The van der Waals surface area contributed by atoms with E-state index >= 15 is 0 Å². The highest BCUT2D eigenvalue weighted by Gasteiger charge is 2.28. The summed E-state index contributed by atoms with van der Waals surface area (Å²) >= 11 is 0. The molecule has 1 aliphatic rings. The summed E-state index contributed by atoms with van der Waals surface area (Å²) in [7, 11) is 3.33. The molecule has 1 atom stereocenters. The molecule has 0 N–H and O–H groups in total. The van der Waals surface area contributed by atoms with Gasteiger partial charge in [-0.15, -0.1) is 5.10 Å². The maximum atomic E-state index is 5.45. The lowest BCUT2D eigenvalue weighted by Gasteiger charge is -2.25. The zero-order chi connectivity index (χ0) is 16.9. The van der Waals surface area contributed by atoms with E-state index < -0.39 is 0 Å². The van der Waals surface area contributed by atoms with Crippen molar-refractivity contribution in [2.75, 3.05) is 20.8 Å². The molecule has 0 spiro atoms. The van der Waals surface area contributed by atoms with Crippen LogP contribution in [0.5, 0.6) is 11.5 Å². The minimum atomic E-state index is 0.358. The van der Waals surface area contributed by atoms with Crippen LogP contribution in [0.25, 0.3) is 0 Å². The highest BCUT2D eigenvalue weighted by Crippen LogP contribution is 2.37. The number of tetrazole rings is 1. The lowest BCUT2D eigenvalue weighted by Crippen LogP contribution is -2.25. The van der Waals surface area contributed by atoms with Gasteiger partial charge >= 0.3 is 0 Å². The Morgan fingerprint density at radius 3 is 2.79 bits per heavy atom. The summed E-state index contributed by atoms with van der Waals surface area (Å²) in [5.41, 5.74) is 1.25. The number of aryl methyl sites for hydroxylation is 1. The maximum Gasteiger partial charge on any atom is 0.165 e. The van der Waals surface area contributed by atoms with Crippen LogP contribution in [0.2, 0.25) is 0 Å². The number of methoxy groups -OCH3 is 2. The summed E-state index contributed by atoms with van der Waals surface area (Å²) < 4.78 is 12.7. The summed E-state index contributed by atoms with van der Waals surface area (Å²) in [6.45, 7) is 4.81. The van der Waals surface area contributed by atoms with Crippen molar-refractivity contribution in [2.45, 2.75) is 45.3 Å². The largest absolute Gasteiger partial charge is 0.493 e. The Balaban J connectivity index is 1.79. The van der Waals surface area contributed by atoms with Crippen molar-refractivity contribution in [2.24, 2.45) is 0 Å². The van der Waals surface area contributed by atoms with Crippen molar-refractivity contribution in [3.63, 3.8) is 0 Å². The predicted octanol–water partition coefficient (Wildman–Crippen LogP) is 2.44. The highest BCUT2D eigenvalue weighted by atomic mass is 16.5. The normalized spacial score (nSPS) is 18.0. The first-order valence-electron chi connectivity index (χ1n) is 8.47. The van der Waals surface area contributed by atoms with Crippen LogP contribution < -0.4 is 9.47 Å². The van der Waals surface area contributed by atoms with E-state index in [1.807, 2.05) is 10.7 Å². The third-order valence-corrected chi connectivity index (χ3v) is 4.54. The molecule has 1 fully saturated rings. The molecule has 0 bridgehead atoms. The second-order valence-corrected chi connectivity index (χ2v) is 6.06. The molecule has 24 heavy (non-hydrogen) atoms. The van der Waals surface area contributed by atoms with E-state index in [4.69, 9.17) is 9.47 Å². The summed E-state index contributed by atoms with van der Waals surface area (Å²) in [6.07, 6.45) is 3.33. The van der Waals surface area contributed by atoms with Crippen LogP contribution in [-0.2, 0) is 13.1 Å². The molecular weight excluding hydrogens is 306 g/mol. The van der Waals surface area contributed by atoms with Crippen molar-refractivity contribution >= 4 is 0 Å². The van der Waals surface area contributed by atoms with Gasteiger partial charge in [0.05, 0.1) is 20.8 Å². The molecule has 0 saturated carbocycles. The van der Waals surface area contributed by atoms with Gasteiger partial charge < -0.3 is 9.47 Å². The standard InChI is InChI=1S/C17H25N5O2/c1-4-9-22-17(18-19-20-22)12-21-10-5-6-14(21)13-7-8-15(23-2)16(11-13)24-3/h7-8,11,14H,4-6,9-10,12H2,1-3H3. The van der Waals surface area contributed by atoms with Gasteiger partial charge in [0.15, 0.2) is 17.3 Å². The topological polar surface area (TPSA) is 65.3 Å². The first-order chi connectivity index (χ1) is 11.8. The molecule has 0 aliphatic carbocycles. The summed E-state index contributed by atoms with van der Waals surface area (Å²) in [5, 5.41) is 12.1. The number of aromatic nitrogens is 4. The Morgan fingerprint density at radius 1 is 1.21 bits per heavy atom. The Bertz CT molecular complexity index is 673. The van der Waals surface area contributed by atoms with E-state index in [1.165, 1.54) is 12.0 Å². The first kappa shape index (κ1) is 16.7. The Kier molecular flexibility index (Phi) is 5.30. The molecule has 7 nitrogen and oxygen atoms in total. The van der Waals surface area contributed by atoms with Gasteiger partial charge in [0.25, 0.3) is 0 Å². The molecule has 3 rings (SSSR count). The number of likely N-dealkylation sites (tertiary alicyclic amines) is 1. The molecular formula is C17H25N5O2. The second kappa shape index (κ2) is 7.61. The fourth-order valence-electron chi connectivity index (χ4n) is 3.36. The fraction of sp³-hybridized carbons (Fsp3) is 0.588. The van der Waals surface area contributed by atoms with Crippen molar-refractivity contribution in [1.82, 2.24) is 25.1 Å². The van der Waals surface area contributed by atoms with Crippen molar-refractivity contribution in [3.05, 3.63) is 29.6 Å². The lowest BCUT2D eigenvalue weighted by atomic mass is 10.0. The van der Waals surface area contributed by atoms with Gasteiger partial charge in [-0.1, -0.05) is 13.0 Å². The smallest absolute Gasteiger partial charge is 0.165 e. The lowest BCUT2D eigenvalue weighted by molar-refractivity contribution is 0.236. The zero-order valence-corrected chi connectivity index (χ0v) is 14.6.